The molecule has 2 rings (SSSR count). The highest BCUT2D eigenvalue weighted by molar-refractivity contribution is 5.85. The van der Waals surface area contributed by atoms with Gasteiger partial charge in [-0.15, -0.1) is 24.8 Å². The van der Waals surface area contributed by atoms with Gasteiger partial charge in [-0.25, -0.2) is 0 Å². The van der Waals surface area contributed by atoms with E-state index in [1.54, 1.807) is 0 Å². The van der Waals surface area contributed by atoms with Crippen molar-refractivity contribution in [2.24, 2.45) is 5.92 Å². The van der Waals surface area contributed by atoms with Crippen molar-refractivity contribution in [3.8, 4) is 0 Å². The normalized spacial score (nSPS) is 28.2. The summed E-state index contributed by atoms with van der Waals surface area (Å²) in [5.41, 5.74) is 0. The van der Waals surface area contributed by atoms with Crippen LogP contribution in [0.2, 0.25) is 0 Å². The Balaban J connectivity index is 0.00000220. The van der Waals surface area contributed by atoms with Crippen molar-refractivity contribution in [3.05, 3.63) is 0 Å². The van der Waals surface area contributed by atoms with Crippen LogP contribution in [0.15, 0.2) is 0 Å². The van der Waals surface area contributed by atoms with E-state index in [0.29, 0.717) is 12.5 Å². The summed E-state index contributed by atoms with van der Waals surface area (Å²) in [6.45, 7) is 9.70. The third kappa shape index (κ3) is 5.85. The van der Waals surface area contributed by atoms with E-state index in [4.69, 9.17) is 4.74 Å². The van der Waals surface area contributed by atoms with Crippen molar-refractivity contribution in [2.45, 2.75) is 38.8 Å². The molecular weight excluding hydrogens is 325 g/mol. The number of ether oxygens (including phenoxy) is 1. The van der Waals surface area contributed by atoms with Gasteiger partial charge in [-0.2, -0.15) is 0 Å². The molecule has 5 nitrogen and oxygen atoms in total. The van der Waals surface area contributed by atoms with Crippen LogP contribution >= 0.6 is 24.8 Å². The minimum Gasteiger partial charge on any atom is -0.375 e. The Hall–Kier alpha value is -0.0700. The van der Waals surface area contributed by atoms with Gasteiger partial charge in [-0.1, -0.05) is 6.92 Å². The van der Waals surface area contributed by atoms with Gasteiger partial charge in [0.15, 0.2) is 0 Å². The molecule has 0 aromatic rings. The molecular formula is C15H31Cl2N3O2. The Labute approximate surface area is 146 Å². The smallest absolute Gasteiger partial charge is 0.242 e. The minimum absolute atomic E-state index is 0. The first-order valence-corrected chi connectivity index (χ1v) is 7.94. The minimum atomic E-state index is -0.157. The lowest BCUT2D eigenvalue weighted by molar-refractivity contribution is -0.138. The largest absolute Gasteiger partial charge is 0.375 e. The Kier molecular flexibility index (Phi) is 10.6. The van der Waals surface area contributed by atoms with Crippen LogP contribution in [0.1, 0.15) is 26.7 Å². The third-order valence-corrected chi connectivity index (χ3v) is 4.36. The van der Waals surface area contributed by atoms with E-state index in [9.17, 15) is 4.79 Å². The lowest BCUT2D eigenvalue weighted by Crippen LogP contribution is -2.56. The molecule has 2 aliphatic rings. The topological polar surface area (TPSA) is 44.8 Å². The average Bonchev–Trinajstić information content (AvgIpc) is 2.87. The predicted octanol–water partition coefficient (Wildman–Crippen LogP) is 1.40. The number of nitrogens with one attached hydrogen (secondary N) is 1. The fourth-order valence-electron chi connectivity index (χ4n) is 3.30. The SMILES string of the molecule is CCCN(C)CC1CCN(C(=O)[C@H]2NCCO[C@@H]2C)C1.Cl.Cl. The molecule has 0 aliphatic carbocycles. The number of halogens is 2. The molecule has 7 heteroatoms. The summed E-state index contributed by atoms with van der Waals surface area (Å²) >= 11 is 0. The van der Waals surface area contributed by atoms with Gasteiger partial charge < -0.3 is 19.9 Å². The number of morpholine rings is 1. The zero-order valence-electron chi connectivity index (χ0n) is 13.9. The molecule has 0 spiro atoms. The molecule has 0 radical (unpaired) electrons. The lowest BCUT2D eigenvalue weighted by atomic mass is 10.1. The van der Waals surface area contributed by atoms with Crippen LogP contribution in [0.4, 0.5) is 0 Å². The quantitative estimate of drug-likeness (QED) is 0.809. The second-order valence-electron chi connectivity index (χ2n) is 6.21. The maximum atomic E-state index is 12.5. The number of nitrogens with zero attached hydrogens (tertiary/aromatic N) is 2. The number of hydrogen-bond donors (Lipinski definition) is 1. The number of rotatable bonds is 5. The van der Waals surface area contributed by atoms with E-state index in [0.717, 1.165) is 39.1 Å². The molecule has 1 amide bonds. The van der Waals surface area contributed by atoms with Crippen molar-refractivity contribution in [1.82, 2.24) is 15.1 Å². The summed E-state index contributed by atoms with van der Waals surface area (Å²) in [5, 5.41) is 3.29. The zero-order chi connectivity index (χ0) is 14.5. The van der Waals surface area contributed by atoms with Crippen LogP contribution in [-0.2, 0) is 9.53 Å². The monoisotopic (exact) mass is 355 g/mol. The second-order valence-corrected chi connectivity index (χ2v) is 6.21. The van der Waals surface area contributed by atoms with Gasteiger partial charge in [-0.05, 0) is 39.3 Å². The molecule has 3 atom stereocenters. The lowest BCUT2D eigenvalue weighted by Gasteiger charge is -2.32. The summed E-state index contributed by atoms with van der Waals surface area (Å²) in [5.74, 6) is 0.841. The number of carbonyl (C=O) groups is 1. The maximum absolute atomic E-state index is 12.5. The molecule has 22 heavy (non-hydrogen) atoms. The average molecular weight is 356 g/mol. The van der Waals surface area contributed by atoms with Gasteiger partial charge in [0.25, 0.3) is 0 Å². The highest BCUT2D eigenvalue weighted by Crippen LogP contribution is 2.19. The van der Waals surface area contributed by atoms with Crippen LogP contribution in [0.25, 0.3) is 0 Å². The van der Waals surface area contributed by atoms with E-state index in [1.807, 2.05) is 11.8 Å². The Bertz CT molecular complexity index is 334. The van der Waals surface area contributed by atoms with Crippen LogP contribution in [0.5, 0.6) is 0 Å². The van der Waals surface area contributed by atoms with E-state index in [2.05, 4.69) is 24.2 Å². The van der Waals surface area contributed by atoms with Gasteiger partial charge in [0.2, 0.25) is 5.91 Å². The number of carbonyl (C=O) groups excluding carboxylic acids is 1. The first-order valence-electron chi connectivity index (χ1n) is 7.94. The summed E-state index contributed by atoms with van der Waals surface area (Å²) < 4.78 is 5.58. The molecule has 1 N–H and O–H groups in total. The van der Waals surface area contributed by atoms with Gasteiger partial charge >= 0.3 is 0 Å². The van der Waals surface area contributed by atoms with Gasteiger partial charge in [0.1, 0.15) is 6.04 Å². The molecule has 0 saturated carbocycles. The van der Waals surface area contributed by atoms with Crippen LogP contribution in [0, 0.1) is 5.92 Å². The molecule has 0 bridgehead atoms. The van der Waals surface area contributed by atoms with Crippen molar-refractivity contribution in [1.29, 1.82) is 0 Å². The van der Waals surface area contributed by atoms with Crippen molar-refractivity contribution < 1.29 is 9.53 Å². The number of amides is 1. The van der Waals surface area contributed by atoms with Crippen molar-refractivity contribution in [3.63, 3.8) is 0 Å². The van der Waals surface area contributed by atoms with Crippen LogP contribution < -0.4 is 5.32 Å². The highest BCUT2D eigenvalue weighted by Gasteiger charge is 2.35. The van der Waals surface area contributed by atoms with Gasteiger partial charge in [0.05, 0.1) is 12.7 Å². The Morgan fingerprint density at radius 3 is 2.77 bits per heavy atom. The molecule has 1 unspecified atom stereocenters. The van der Waals surface area contributed by atoms with E-state index >= 15 is 0 Å². The molecule has 0 aromatic heterocycles. The van der Waals surface area contributed by atoms with Crippen molar-refractivity contribution in [2.75, 3.05) is 46.4 Å². The molecule has 2 saturated heterocycles. The van der Waals surface area contributed by atoms with Crippen LogP contribution in [-0.4, -0.2) is 74.2 Å². The standard InChI is InChI=1S/C15H29N3O2.2ClH/c1-4-7-17(3)10-13-5-8-18(11-13)15(19)14-12(2)20-9-6-16-14;;/h12-14,16H,4-11H2,1-3H3;2*1H/t12-,13?,14+;;/m1../s1. The maximum Gasteiger partial charge on any atom is 0.242 e. The first kappa shape index (κ1) is 21.9. The summed E-state index contributed by atoms with van der Waals surface area (Å²) in [6, 6.07) is -0.157. The summed E-state index contributed by atoms with van der Waals surface area (Å²) in [6.07, 6.45) is 2.30. The highest BCUT2D eigenvalue weighted by atomic mass is 35.5. The van der Waals surface area contributed by atoms with Gasteiger partial charge in [-0.3, -0.25) is 4.79 Å². The Morgan fingerprint density at radius 1 is 1.41 bits per heavy atom. The predicted molar refractivity (Wildman–Crippen MR) is 94.2 cm³/mol. The zero-order valence-corrected chi connectivity index (χ0v) is 15.5. The third-order valence-electron chi connectivity index (χ3n) is 4.36. The molecule has 132 valence electrons. The van der Waals surface area contributed by atoms with Crippen molar-refractivity contribution >= 4 is 30.7 Å². The van der Waals surface area contributed by atoms with E-state index in [1.165, 1.54) is 6.42 Å². The van der Waals surface area contributed by atoms with E-state index < -0.39 is 0 Å². The summed E-state index contributed by atoms with van der Waals surface area (Å²) in [7, 11) is 2.17. The fourth-order valence-corrected chi connectivity index (χ4v) is 3.30. The molecule has 2 heterocycles. The van der Waals surface area contributed by atoms with Gasteiger partial charge in [0, 0.05) is 26.2 Å². The second kappa shape index (κ2) is 10.7. The first-order chi connectivity index (χ1) is 9.61. The molecule has 0 aromatic carbocycles. The summed E-state index contributed by atoms with van der Waals surface area (Å²) in [4.78, 5) is 16.9. The fraction of sp³-hybridized carbons (Fsp3) is 0.933. The number of hydrogen-bond acceptors (Lipinski definition) is 4. The molecule has 2 aliphatic heterocycles. The molecule has 2 fully saturated rings. The number of likely N-dealkylation sites (tertiary alicyclic amines) is 1. The van der Waals surface area contributed by atoms with E-state index in [-0.39, 0.29) is 42.9 Å². The van der Waals surface area contributed by atoms with Crippen LogP contribution in [0.3, 0.4) is 0 Å². The Morgan fingerprint density at radius 2 is 2.14 bits per heavy atom.